The van der Waals surface area contributed by atoms with Crippen LogP contribution in [0.25, 0.3) is 16.7 Å². The van der Waals surface area contributed by atoms with Crippen LogP contribution in [0.2, 0.25) is 0 Å². The number of rotatable bonds is 6. The molecule has 0 aliphatic heterocycles. The normalized spacial score (nSPS) is 10.9. The number of hydrogen-bond donors (Lipinski definition) is 1. The molecule has 0 fully saturated rings. The Kier molecular flexibility index (Phi) is 4.42. The molecule has 4 rings (SSSR count). The van der Waals surface area contributed by atoms with Gasteiger partial charge in [0.2, 0.25) is 5.91 Å². The molecule has 0 aliphatic carbocycles. The largest absolute Gasteiger partial charge is 0.354 e. The molecule has 0 unspecified atom stereocenters. The number of carbonyl (C=O) groups excluding carboxylic acids is 1. The standard InChI is InChI=1S/C19H18N6O/c26-19(14-25-22-17-8-4-5-9-18(17)23-25)20-11-10-15-12-21-24(13-15)16-6-2-1-3-7-16/h1-9,12-13H,10-11,14H2,(H,20,26). The molecule has 4 aromatic rings. The predicted molar refractivity (Wildman–Crippen MR) is 97.8 cm³/mol. The van der Waals surface area contributed by atoms with Gasteiger partial charge in [0.25, 0.3) is 0 Å². The van der Waals surface area contributed by atoms with E-state index in [2.05, 4.69) is 20.6 Å². The zero-order valence-corrected chi connectivity index (χ0v) is 14.1. The minimum Gasteiger partial charge on any atom is -0.354 e. The monoisotopic (exact) mass is 346 g/mol. The summed E-state index contributed by atoms with van der Waals surface area (Å²) in [6.45, 7) is 0.651. The summed E-state index contributed by atoms with van der Waals surface area (Å²) in [6, 6.07) is 17.5. The first-order valence-electron chi connectivity index (χ1n) is 8.43. The summed E-state index contributed by atoms with van der Waals surface area (Å²) in [5, 5.41) is 15.8. The third-order valence-electron chi connectivity index (χ3n) is 4.01. The smallest absolute Gasteiger partial charge is 0.243 e. The Morgan fingerprint density at radius 2 is 1.65 bits per heavy atom. The molecule has 0 saturated carbocycles. The summed E-state index contributed by atoms with van der Waals surface area (Å²) in [7, 11) is 0. The van der Waals surface area contributed by atoms with Crippen molar-refractivity contribution in [3.05, 3.63) is 72.6 Å². The summed E-state index contributed by atoms with van der Waals surface area (Å²) in [6.07, 6.45) is 4.51. The van der Waals surface area contributed by atoms with E-state index in [1.165, 1.54) is 4.80 Å². The first kappa shape index (κ1) is 16.0. The fourth-order valence-corrected chi connectivity index (χ4v) is 2.72. The Morgan fingerprint density at radius 1 is 0.962 bits per heavy atom. The fraction of sp³-hybridized carbons (Fsp3) is 0.158. The third-order valence-corrected chi connectivity index (χ3v) is 4.01. The molecule has 0 bridgehead atoms. The zero-order valence-electron chi connectivity index (χ0n) is 14.1. The van der Waals surface area contributed by atoms with Crippen LogP contribution in [0.1, 0.15) is 5.56 Å². The van der Waals surface area contributed by atoms with Gasteiger partial charge in [-0.25, -0.2) is 4.68 Å². The quantitative estimate of drug-likeness (QED) is 0.579. The molecular formula is C19H18N6O. The molecule has 1 N–H and O–H groups in total. The number of nitrogens with one attached hydrogen (secondary N) is 1. The highest BCUT2D eigenvalue weighted by atomic mass is 16.2. The van der Waals surface area contributed by atoms with Gasteiger partial charge in [0, 0.05) is 12.7 Å². The van der Waals surface area contributed by atoms with Gasteiger partial charge < -0.3 is 5.32 Å². The molecular weight excluding hydrogens is 328 g/mol. The number of aromatic nitrogens is 5. The van der Waals surface area contributed by atoms with Crippen LogP contribution in [-0.4, -0.2) is 37.2 Å². The second-order valence-electron chi connectivity index (χ2n) is 5.95. The Hall–Kier alpha value is -3.48. The number of fused-ring (bicyclic) bond motifs is 1. The van der Waals surface area contributed by atoms with Crippen molar-refractivity contribution in [3.63, 3.8) is 0 Å². The molecule has 0 radical (unpaired) electrons. The number of para-hydroxylation sites is 1. The van der Waals surface area contributed by atoms with Crippen molar-refractivity contribution >= 4 is 16.9 Å². The number of amides is 1. The number of nitrogens with zero attached hydrogens (tertiary/aromatic N) is 5. The lowest BCUT2D eigenvalue weighted by atomic mass is 10.2. The molecule has 1 amide bonds. The minimum absolute atomic E-state index is 0.109. The highest BCUT2D eigenvalue weighted by molar-refractivity contribution is 5.77. The maximum atomic E-state index is 12.1. The van der Waals surface area contributed by atoms with Gasteiger partial charge in [0.1, 0.15) is 17.6 Å². The summed E-state index contributed by atoms with van der Waals surface area (Å²) in [5.74, 6) is -0.110. The van der Waals surface area contributed by atoms with Crippen molar-refractivity contribution in [2.75, 3.05) is 6.54 Å². The van der Waals surface area contributed by atoms with Crippen molar-refractivity contribution in [2.24, 2.45) is 0 Å². The third kappa shape index (κ3) is 3.61. The fourth-order valence-electron chi connectivity index (χ4n) is 2.72. The van der Waals surface area contributed by atoms with E-state index >= 15 is 0 Å². The van der Waals surface area contributed by atoms with Crippen LogP contribution in [0, 0.1) is 0 Å². The number of hydrogen-bond acceptors (Lipinski definition) is 4. The van der Waals surface area contributed by atoms with E-state index < -0.39 is 0 Å². The van der Waals surface area contributed by atoms with Gasteiger partial charge in [-0.3, -0.25) is 4.79 Å². The average molecular weight is 346 g/mol. The topological polar surface area (TPSA) is 77.6 Å². The second-order valence-corrected chi connectivity index (χ2v) is 5.95. The highest BCUT2D eigenvalue weighted by Crippen LogP contribution is 2.08. The molecule has 2 aromatic carbocycles. The van der Waals surface area contributed by atoms with Crippen LogP contribution in [0.15, 0.2) is 67.0 Å². The van der Waals surface area contributed by atoms with Gasteiger partial charge in [-0.2, -0.15) is 20.1 Å². The number of carbonyl (C=O) groups is 1. The Morgan fingerprint density at radius 3 is 2.38 bits per heavy atom. The van der Waals surface area contributed by atoms with Gasteiger partial charge >= 0.3 is 0 Å². The first-order chi connectivity index (χ1) is 12.8. The molecule has 26 heavy (non-hydrogen) atoms. The van der Waals surface area contributed by atoms with Gasteiger partial charge in [-0.05, 0) is 36.2 Å². The SMILES string of the molecule is O=C(Cn1nc2ccccc2n1)NCCc1cnn(-c2ccccc2)c1. The summed E-state index contributed by atoms with van der Waals surface area (Å²) in [5.41, 5.74) is 3.65. The van der Waals surface area contributed by atoms with Crippen molar-refractivity contribution in [1.29, 1.82) is 0 Å². The van der Waals surface area contributed by atoms with E-state index in [-0.39, 0.29) is 12.5 Å². The molecule has 2 aromatic heterocycles. The lowest BCUT2D eigenvalue weighted by Gasteiger charge is -2.03. The van der Waals surface area contributed by atoms with Gasteiger partial charge in [-0.1, -0.05) is 30.3 Å². The van der Waals surface area contributed by atoms with Crippen molar-refractivity contribution in [2.45, 2.75) is 13.0 Å². The molecule has 7 nitrogen and oxygen atoms in total. The van der Waals surface area contributed by atoms with Crippen LogP contribution in [-0.2, 0) is 17.8 Å². The van der Waals surface area contributed by atoms with Crippen molar-refractivity contribution < 1.29 is 4.79 Å². The van der Waals surface area contributed by atoms with Crippen LogP contribution >= 0.6 is 0 Å². The average Bonchev–Trinajstić information content (AvgIpc) is 3.29. The van der Waals surface area contributed by atoms with Crippen molar-refractivity contribution in [3.8, 4) is 5.69 Å². The maximum absolute atomic E-state index is 12.1. The molecule has 0 saturated heterocycles. The molecule has 7 heteroatoms. The molecule has 0 spiro atoms. The van der Waals surface area contributed by atoms with Gasteiger partial charge in [0.05, 0.1) is 11.9 Å². The van der Waals surface area contributed by atoms with E-state index in [1.54, 1.807) is 0 Å². The predicted octanol–water partition coefficient (Wildman–Crippen LogP) is 1.98. The highest BCUT2D eigenvalue weighted by Gasteiger charge is 2.07. The van der Waals surface area contributed by atoms with Crippen LogP contribution in [0.5, 0.6) is 0 Å². The second kappa shape index (κ2) is 7.18. The van der Waals surface area contributed by atoms with E-state index in [0.717, 1.165) is 22.3 Å². The van der Waals surface area contributed by atoms with E-state index in [1.807, 2.05) is 71.7 Å². The summed E-state index contributed by atoms with van der Waals surface area (Å²) >= 11 is 0. The van der Waals surface area contributed by atoms with Gasteiger partial charge in [-0.15, -0.1) is 0 Å². The Labute approximate surface area is 150 Å². The number of benzene rings is 2. The minimum atomic E-state index is -0.110. The molecule has 130 valence electrons. The first-order valence-corrected chi connectivity index (χ1v) is 8.43. The summed E-state index contributed by atoms with van der Waals surface area (Å²) < 4.78 is 1.83. The van der Waals surface area contributed by atoms with Crippen LogP contribution in [0.3, 0.4) is 0 Å². The lowest BCUT2D eigenvalue weighted by Crippen LogP contribution is -2.30. The maximum Gasteiger partial charge on any atom is 0.243 e. The Bertz CT molecular complexity index is 988. The van der Waals surface area contributed by atoms with Crippen molar-refractivity contribution in [1.82, 2.24) is 30.1 Å². The summed E-state index contributed by atoms with van der Waals surface area (Å²) in [4.78, 5) is 13.5. The lowest BCUT2D eigenvalue weighted by molar-refractivity contribution is -0.122. The zero-order chi connectivity index (χ0) is 17.8. The molecule has 0 aliphatic rings. The van der Waals surface area contributed by atoms with Crippen LogP contribution < -0.4 is 5.32 Å². The van der Waals surface area contributed by atoms with E-state index in [0.29, 0.717) is 13.0 Å². The van der Waals surface area contributed by atoms with E-state index in [9.17, 15) is 4.79 Å². The van der Waals surface area contributed by atoms with Gasteiger partial charge in [0.15, 0.2) is 0 Å². The molecule has 0 atom stereocenters. The Balaban J connectivity index is 1.29. The van der Waals surface area contributed by atoms with E-state index in [4.69, 9.17) is 0 Å². The molecule has 2 heterocycles. The van der Waals surface area contributed by atoms with Crippen LogP contribution in [0.4, 0.5) is 0 Å².